The van der Waals surface area contributed by atoms with Crippen LogP contribution in [0, 0.1) is 5.92 Å². The maximum atomic E-state index is 13.0. The molecule has 8 heteroatoms. The highest BCUT2D eigenvalue weighted by molar-refractivity contribution is 6.42. The van der Waals surface area contributed by atoms with Crippen molar-refractivity contribution in [3.63, 3.8) is 0 Å². The average Bonchev–Trinajstić information content (AvgIpc) is 2.76. The third-order valence-electron chi connectivity index (χ3n) is 4.61. The Bertz CT molecular complexity index is 888. The van der Waals surface area contributed by atoms with Crippen molar-refractivity contribution in [3.05, 3.63) is 58.1 Å². The van der Waals surface area contributed by atoms with Crippen LogP contribution in [0.4, 0.5) is 0 Å². The number of ether oxygens (including phenoxy) is 2. The van der Waals surface area contributed by atoms with Gasteiger partial charge in [0.2, 0.25) is 5.91 Å². The number of hydrogen-bond donors (Lipinski definition) is 1. The van der Waals surface area contributed by atoms with Gasteiger partial charge in [-0.3, -0.25) is 9.59 Å². The van der Waals surface area contributed by atoms with Crippen LogP contribution in [0.15, 0.2) is 42.5 Å². The van der Waals surface area contributed by atoms with E-state index < -0.39 is 6.04 Å². The second-order valence-electron chi connectivity index (χ2n) is 7.55. The predicted molar refractivity (Wildman–Crippen MR) is 123 cm³/mol. The number of carbonyl (C=O) groups excluding carboxylic acids is 2. The topological polar surface area (TPSA) is 67.9 Å². The Balaban J connectivity index is 2.14. The van der Waals surface area contributed by atoms with Crippen LogP contribution in [0.5, 0.6) is 11.5 Å². The molecule has 0 aliphatic rings. The number of methoxy groups -OCH3 is 1. The minimum atomic E-state index is -0.694. The lowest BCUT2D eigenvalue weighted by Crippen LogP contribution is -2.49. The van der Waals surface area contributed by atoms with Gasteiger partial charge in [-0.15, -0.1) is 0 Å². The summed E-state index contributed by atoms with van der Waals surface area (Å²) < 4.78 is 10.8. The molecule has 1 atom stereocenters. The quantitative estimate of drug-likeness (QED) is 0.556. The molecule has 2 amide bonds. The highest BCUT2D eigenvalue weighted by Gasteiger charge is 2.26. The first-order valence-corrected chi connectivity index (χ1v) is 10.7. The monoisotopic (exact) mass is 466 g/mol. The summed E-state index contributed by atoms with van der Waals surface area (Å²) in [6, 6.07) is 11.4. The van der Waals surface area contributed by atoms with Gasteiger partial charge in [-0.1, -0.05) is 43.1 Å². The van der Waals surface area contributed by atoms with E-state index >= 15 is 0 Å². The third kappa shape index (κ3) is 7.64. The van der Waals surface area contributed by atoms with Crippen molar-refractivity contribution in [1.29, 1.82) is 0 Å². The minimum Gasteiger partial charge on any atom is -0.497 e. The zero-order chi connectivity index (χ0) is 23.0. The second-order valence-corrected chi connectivity index (χ2v) is 8.36. The van der Waals surface area contributed by atoms with Crippen LogP contribution in [-0.2, 0) is 16.1 Å². The van der Waals surface area contributed by atoms with Gasteiger partial charge < -0.3 is 19.7 Å². The van der Waals surface area contributed by atoms with Gasteiger partial charge >= 0.3 is 0 Å². The molecule has 6 nitrogen and oxygen atoms in total. The Morgan fingerprint density at radius 2 is 1.65 bits per heavy atom. The summed E-state index contributed by atoms with van der Waals surface area (Å²) in [5.74, 6) is 0.963. The summed E-state index contributed by atoms with van der Waals surface area (Å²) in [5, 5.41) is 3.69. The Morgan fingerprint density at radius 3 is 2.23 bits per heavy atom. The summed E-state index contributed by atoms with van der Waals surface area (Å²) in [6.45, 7) is 6.21. The fraction of sp³-hybridized carbons (Fsp3) is 0.391. The van der Waals surface area contributed by atoms with Crippen molar-refractivity contribution in [2.24, 2.45) is 5.92 Å². The van der Waals surface area contributed by atoms with Crippen molar-refractivity contribution in [2.45, 2.75) is 33.4 Å². The maximum absolute atomic E-state index is 13.0. The third-order valence-corrected chi connectivity index (χ3v) is 5.35. The van der Waals surface area contributed by atoms with Gasteiger partial charge in [-0.25, -0.2) is 0 Å². The SMILES string of the molecule is COc1ccc(OCC(=O)N(Cc2ccc(Cl)c(Cl)c2)[C@@H](C)C(=O)NCC(C)C)cc1. The smallest absolute Gasteiger partial charge is 0.261 e. The molecule has 0 fully saturated rings. The summed E-state index contributed by atoms with van der Waals surface area (Å²) in [4.78, 5) is 27.1. The molecule has 0 spiro atoms. The molecule has 0 saturated carbocycles. The largest absolute Gasteiger partial charge is 0.497 e. The fourth-order valence-electron chi connectivity index (χ4n) is 2.77. The molecule has 168 valence electrons. The molecule has 0 saturated heterocycles. The average molecular weight is 467 g/mol. The number of halogens is 2. The molecule has 31 heavy (non-hydrogen) atoms. The molecule has 0 unspecified atom stereocenters. The van der Waals surface area contributed by atoms with Crippen LogP contribution in [0.25, 0.3) is 0 Å². The zero-order valence-electron chi connectivity index (χ0n) is 18.2. The molecule has 0 bridgehead atoms. The molecule has 2 aromatic carbocycles. The Hall–Kier alpha value is -2.44. The molecular weight excluding hydrogens is 439 g/mol. The predicted octanol–water partition coefficient (Wildman–Crippen LogP) is 4.57. The van der Waals surface area contributed by atoms with E-state index in [0.717, 1.165) is 5.56 Å². The van der Waals surface area contributed by atoms with Gasteiger partial charge in [0.25, 0.3) is 5.91 Å². The lowest BCUT2D eigenvalue weighted by atomic mass is 10.1. The van der Waals surface area contributed by atoms with Crippen molar-refractivity contribution in [1.82, 2.24) is 10.2 Å². The van der Waals surface area contributed by atoms with Crippen molar-refractivity contribution < 1.29 is 19.1 Å². The van der Waals surface area contributed by atoms with E-state index in [1.807, 2.05) is 13.8 Å². The first-order chi connectivity index (χ1) is 14.7. The Kier molecular flexibility index (Phi) is 9.46. The molecular formula is C23H28Cl2N2O4. The Labute approximate surface area is 193 Å². The summed E-state index contributed by atoms with van der Waals surface area (Å²) in [7, 11) is 1.58. The van der Waals surface area contributed by atoms with Crippen molar-refractivity contribution in [3.8, 4) is 11.5 Å². The van der Waals surface area contributed by atoms with Gasteiger partial charge in [-0.05, 0) is 54.8 Å². The normalized spacial score (nSPS) is 11.7. The van der Waals surface area contributed by atoms with E-state index in [4.69, 9.17) is 32.7 Å². The van der Waals surface area contributed by atoms with Crippen molar-refractivity contribution in [2.75, 3.05) is 20.3 Å². The molecule has 0 aliphatic carbocycles. The van der Waals surface area contributed by atoms with E-state index in [1.54, 1.807) is 56.5 Å². The van der Waals surface area contributed by atoms with E-state index in [-0.39, 0.29) is 25.0 Å². The lowest BCUT2D eigenvalue weighted by molar-refractivity contribution is -0.142. The summed E-state index contributed by atoms with van der Waals surface area (Å²) in [6.07, 6.45) is 0. The molecule has 0 radical (unpaired) electrons. The first kappa shape index (κ1) is 24.8. The number of benzene rings is 2. The number of amides is 2. The second kappa shape index (κ2) is 11.8. The molecule has 2 aromatic rings. The molecule has 2 rings (SSSR count). The molecule has 1 N–H and O–H groups in total. The van der Waals surface area contributed by atoms with Gasteiger partial charge in [0.05, 0.1) is 17.2 Å². The lowest BCUT2D eigenvalue weighted by Gasteiger charge is -2.29. The fourth-order valence-corrected chi connectivity index (χ4v) is 3.09. The van der Waals surface area contributed by atoms with E-state index in [1.165, 1.54) is 4.90 Å². The van der Waals surface area contributed by atoms with Crippen LogP contribution < -0.4 is 14.8 Å². The van der Waals surface area contributed by atoms with E-state index in [0.29, 0.717) is 34.0 Å². The number of carbonyl (C=O) groups is 2. The molecule has 0 heterocycles. The highest BCUT2D eigenvalue weighted by atomic mass is 35.5. The van der Waals surface area contributed by atoms with E-state index in [2.05, 4.69) is 5.32 Å². The van der Waals surface area contributed by atoms with Gasteiger partial charge in [-0.2, -0.15) is 0 Å². The van der Waals surface area contributed by atoms with E-state index in [9.17, 15) is 9.59 Å². The van der Waals surface area contributed by atoms with Crippen molar-refractivity contribution >= 4 is 35.0 Å². The van der Waals surface area contributed by atoms with Crippen LogP contribution in [0.2, 0.25) is 10.0 Å². The molecule has 0 aromatic heterocycles. The number of hydrogen-bond acceptors (Lipinski definition) is 4. The summed E-state index contributed by atoms with van der Waals surface area (Å²) in [5.41, 5.74) is 0.760. The van der Waals surface area contributed by atoms with Gasteiger partial charge in [0.15, 0.2) is 6.61 Å². The maximum Gasteiger partial charge on any atom is 0.261 e. The van der Waals surface area contributed by atoms with Gasteiger partial charge in [0, 0.05) is 13.1 Å². The Morgan fingerprint density at radius 1 is 1.00 bits per heavy atom. The zero-order valence-corrected chi connectivity index (χ0v) is 19.7. The van der Waals surface area contributed by atoms with Crippen LogP contribution in [0.3, 0.4) is 0 Å². The molecule has 0 aliphatic heterocycles. The van der Waals surface area contributed by atoms with Crippen LogP contribution in [-0.4, -0.2) is 43.0 Å². The standard InChI is InChI=1S/C23H28Cl2N2O4/c1-15(2)12-26-23(29)16(3)27(13-17-5-10-20(24)21(25)11-17)22(28)14-31-19-8-6-18(30-4)7-9-19/h5-11,15-16H,12-14H2,1-4H3,(H,26,29)/t16-/m0/s1. The number of nitrogens with one attached hydrogen (secondary N) is 1. The van der Waals surface area contributed by atoms with Crippen LogP contribution in [0.1, 0.15) is 26.3 Å². The number of rotatable bonds is 10. The van der Waals surface area contributed by atoms with Crippen LogP contribution >= 0.6 is 23.2 Å². The first-order valence-electron chi connectivity index (χ1n) is 9.99. The minimum absolute atomic E-state index is 0.192. The van der Waals surface area contributed by atoms with Gasteiger partial charge in [0.1, 0.15) is 17.5 Å². The highest BCUT2D eigenvalue weighted by Crippen LogP contribution is 2.24. The summed E-state index contributed by atoms with van der Waals surface area (Å²) >= 11 is 12.1. The number of nitrogens with zero attached hydrogens (tertiary/aromatic N) is 1.